The molecule has 1 aliphatic rings. The van der Waals surface area contributed by atoms with E-state index in [-0.39, 0.29) is 11.9 Å². The summed E-state index contributed by atoms with van der Waals surface area (Å²) in [6, 6.07) is 9.95. The topological polar surface area (TPSA) is 36.7 Å². The van der Waals surface area contributed by atoms with Crippen LogP contribution in [0.5, 0.6) is 0 Å². The van der Waals surface area contributed by atoms with Gasteiger partial charge in [-0.15, -0.1) is 0 Å². The lowest BCUT2D eigenvalue weighted by Crippen LogP contribution is -2.39. The molecule has 4 heteroatoms. The number of benzene rings is 1. The summed E-state index contributed by atoms with van der Waals surface area (Å²) >= 11 is 0. The average molecular weight is 314 g/mol. The Morgan fingerprint density at radius 3 is 2.61 bits per heavy atom. The zero-order valence-electron chi connectivity index (χ0n) is 14.1. The fourth-order valence-corrected chi connectivity index (χ4v) is 3.21. The second-order valence-electron chi connectivity index (χ2n) is 6.56. The van der Waals surface area contributed by atoms with Crippen molar-refractivity contribution in [1.82, 2.24) is 9.80 Å². The monoisotopic (exact) mass is 314 g/mol. The fourth-order valence-electron chi connectivity index (χ4n) is 3.21. The van der Waals surface area contributed by atoms with Gasteiger partial charge in [-0.25, -0.2) is 0 Å². The minimum Gasteiger partial charge on any atom is -0.459 e. The molecule has 1 aromatic heterocycles. The Kier molecular flexibility index (Phi) is 5.01. The molecule has 0 N–H and O–H groups in total. The van der Waals surface area contributed by atoms with E-state index in [4.69, 9.17) is 4.42 Å². The minimum atomic E-state index is -0.0538. The van der Waals surface area contributed by atoms with Gasteiger partial charge in [0.2, 0.25) is 5.91 Å². The summed E-state index contributed by atoms with van der Waals surface area (Å²) in [4.78, 5) is 16.7. The third-order valence-electron chi connectivity index (χ3n) is 4.89. The first-order valence-electron chi connectivity index (χ1n) is 8.61. The molecular weight excluding hydrogens is 288 g/mol. The fraction of sp³-hybridized carbons (Fsp3) is 0.526. The number of likely N-dealkylation sites (tertiary alicyclic amines) is 1. The van der Waals surface area contributed by atoms with Gasteiger partial charge in [-0.2, -0.15) is 0 Å². The average Bonchev–Trinajstić information content (AvgIpc) is 2.84. The second kappa shape index (κ2) is 7.18. The van der Waals surface area contributed by atoms with E-state index in [0.29, 0.717) is 6.54 Å². The molecule has 1 unspecified atom stereocenters. The molecule has 2 aromatic rings. The molecule has 3 rings (SSSR count). The maximum absolute atomic E-state index is 12.6. The molecule has 1 atom stereocenters. The number of likely N-dealkylation sites (N-methyl/N-ethyl adjacent to an activating group) is 1. The first kappa shape index (κ1) is 16.1. The van der Waals surface area contributed by atoms with Gasteiger partial charge in [0.15, 0.2) is 0 Å². The lowest BCUT2D eigenvalue weighted by molar-refractivity contribution is -0.133. The maximum atomic E-state index is 12.6. The molecule has 4 nitrogen and oxygen atoms in total. The molecule has 1 aliphatic heterocycles. The number of hydrogen-bond donors (Lipinski definition) is 0. The van der Waals surface area contributed by atoms with E-state index in [9.17, 15) is 4.79 Å². The molecule has 1 fully saturated rings. The summed E-state index contributed by atoms with van der Waals surface area (Å²) in [7, 11) is 1.87. The Bertz CT molecular complexity index is 623. The number of nitrogens with zero attached hydrogens (tertiary/aromatic N) is 2. The van der Waals surface area contributed by atoms with Crippen molar-refractivity contribution in [2.24, 2.45) is 0 Å². The van der Waals surface area contributed by atoms with Crippen molar-refractivity contribution < 1.29 is 9.21 Å². The minimum absolute atomic E-state index is 0.0538. The van der Waals surface area contributed by atoms with Crippen LogP contribution in [0.3, 0.4) is 0 Å². The van der Waals surface area contributed by atoms with E-state index in [1.807, 2.05) is 49.2 Å². The molecule has 0 bridgehead atoms. The summed E-state index contributed by atoms with van der Waals surface area (Å²) in [6.07, 6.45) is 4.98. The standard InChI is InChI=1S/C19H26N2O2/c1-15(18-13-16-9-5-6-10-17(16)23-18)20(2)19(22)14-21-11-7-3-4-8-12-21/h5-6,9-10,13,15H,3-4,7-8,11-12,14H2,1-2H3. The van der Waals surface area contributed by atoms with Crippen LogP contribution in [0.2, 0.25) is 0 Å². The normalized spacial score (nSPS) is 17.8. The Morgan fingerprint density at radius 2 is 1.91 bits per heavy atom. The summed E-state index contributed by atoms with van der Waals surface area (Å²) in [5.74, 6) is 1.01. The number of fused-ring (bicyclic) bond motifs is 1. The lowest BCUT2D eigenvalue weighted by atomic mass is 10.2. The van der Waals surface area contributed by atoms with Gasteiger partial charge >= 0.3 is 0 Å². The highest BCUT2D eigenvalue weighted by Gasteiger charge is 2.22. The van der Waals surface area contributed by atoms with Crippen LogP contribution in [0.4, 0.5) is 0 Å². The number of rotatable bonds is 4. The van der Waals surface area contributed by atoms with Crippen molar-refractivity contribution in [2.75, 3.05) is 26.7 Å². The molecular formula is C19H26N2O2. The SMILES string of the molecule is CC(c1cc2ccccc2o1)N(C)C(=O)CN1CCCCCC1. The Balaban J connectivity index is 1.65. The molecule has 23 heavy (non-hydrogen) atoms. The van der Waals surface area contributed by atoms with Crippen LogP contribution in [0.1, 0.15) is 44.4 Å². The van der Waals surface area contributed by atoms with Gasteiger partial charge in [-0.1, -0.05) is 31.0 Å². The van der Waals surface area contributed by atoms with Crippen molar-refractivity contribution in [1.29, 1.82) is 0 Å². The van der Waals surface area contributed by atoms with Crippen LogP contribution >= 0.6 is 0 Å². The van der Waals surface area contributed by atoms with Crippen LogP contribution in [-0.2, 0) is 4.79 Å². The number of furan rings is 1. The van der Waals surface area contributed by atoms with E-state index < -0.39 is 0 Å². The molecule has 1 amide bonds. The largest absolute Gasteiger partial charge is 0.459 e. The molecule has 0 spiro atoms. The van der Waals surface area contributed by atoms with E-state index in [1.165, 1.54) is 25.7 Å². The molecule has 2 heterocycles. The van der Waals surface area contributed by atoms with Crippen LogP contribution in [0, 0.1) is 0 Å². The number of carbonyl (C=O) groups excluding carboxylic acids is 1. The highest BCUT2D eigenvalue weighted by Crippen LogP contribution is 2.26. The summed E-state index contributed by atoms with van der Waals surface area (Å²) in [5, 5.41) is 1.09. The van der Waals surface area contributed by atoms with Gasteiger partial charge < -0.3 is 9.32 Å². The summed E-state index contributed by atoms with van der Waals surface area (Å²) in [5.41, 5.74) is 0.878. The van der Waals surface area contributed by atoms with E-state index >= 15 is 0 Å². The molecule has 1 aromatic carbocycles. The number of hydrogen-bond acceptors (Lipinski definition) is 3. The zero-order chi connectivity index (χ0) is 16.2. The van der Waals surface area contributed by atoms with Crippen LogP contribution in [-0.4, -0.2) is 42.4 Å². The Labute approximate surface area is 138 Å². The highest BCUT2D eigenvalue weighted by molar-refractivity contribution is 5.80. The first-order chi connectivity index (χ1) is 11.1. The number of amides is 1. The lowest BCUT2D eigenvalue weighted by Gasteiger charge is -2.27. The van der Waals surface area contributed by atoms with Crippen molar-refractivity contribution >= 4 is 16.9 Å². The summed E-state index contributed by atoms with van der Waals surface area (Å²) < 4.78 is 5.90. The van der Waals surface area contributed by atoms with Crippen LogP contribution in [0.25, 0.3) is 11.0 Å². The maximum Gasteiger partial charge on any atom is 0.237 e. The first-order valence-corrected chi connectivity index (χ1v) is 8.61. The second-order valence-corrected chi connectivity index (χ2v) is 6.56. The van der Waals surface area contributed by atoms with Crippen LogP contribution in [0.15, 0.2) is 34.7 Å². The quantitative estimate of drug-likeness (QED) is 0.860. The van der Waals surface area contributed by atoms with Crippen molar-refractivity contribution in [3.8, 4) is 0 Å². The smallest absolute Gasteiger partial charge is 0.237 e. The third kappa shape index (κ3) is 3.75. The van der Waals surface area contributed by atoms with E-state index in [1.54, 1.807) is 0 Å². The molecule has 1 saturated heterocycles. The molecule has 0 saturated carbocycles. The summed E-state index contributed by atoms with van der Waals surface area (Å²) in [6.45, 7) is 4.62. The van der Waals surface area contributed by atoms with Gasteiger partial charge in [0, 0.05) is 12.4 Å². The van der Waals surface area contributed by atoms with Crippen molar-refractivity contribution in [3.05, 3.63) is 36.1 Å². The predicted molar refractivity (Wildman–Crippen MR) is 92.3 cm³/mol. The Morgan fingerprint density at radius 1 is 1.22 bits per heavy atom. The predicted octanol–water partition coefficient (Wildman–Crippen LogP) is 3.83. The van der Waals surface area contributed by atoms with Crippen LogP contribution < -0.4 is 0 Å². The molecule has 0 radical (unpaired) electrons. The number of para-hydroxylation sites is 1. The van der Waals surface area contributed by atoms with Crippen molar-refractivity contribution in [3.63, 3.8) is 0 Å². The van der Waals surface area contributed by atoms with Gasteiger partial charge in [0.05, 0.1) is 12.6 Å². The van der Waals surface area contributed by atoms with E-state index in [0.717, 1.165) is 29.8 Å². The van der Waals surface area contributed by atoms with Gasteiger partial charge in [-0.3, -0.25) is 9.69 Å². The Hall–Kier alpha value is -1.81. The van der Waals surface area contributed by atoms with Gasteiger partial charge in [0.25, 0.3) is 0 Å². The van der Waals surface area contributed by atoms with Crippen molar-refractivity contribution in [2.45, 2.75) is 38.6 Å². The van der Waals surface area contributed by atoms with Gasteiger partial charge in [0.1, 0.15) is 11.3 Å². The zero-order valence-corrected chi connectivity index (χ0v) is 14.1. The molecule has 124 valence electrons. The third-order valence-corrected chi connectivity index (χ3v) is 4.89. The number of carbonyl (C=O) groups is 1. The van der Waals surface area contributed by atoms with Gasteiger partial charge in [-0.05, 0) is 45.0 Å². The molecule has 0 aliphatic carbocycles. The van der Waals surface area contributed by atoms with E-state index in [2.05, 4.69) is 4.90 Å². The highest BCUT2D eigenvalue weighted by atomic mass is 16.3.